The quantitative estimate of drug-likeness (QED) is 0.381. The zero-order chi connectivity index (χ0) is 29.7. The van der Waals surface area contributed by atoms with Crippen LogP contribution in [0.4, 0.5) is 5.69 Å². The Labute approximate surface area is 250 Å². The molecule has 2 fully saturated rings. The Morgan fingerprint density at radius 1 is 0.884 bits per heavy atom. The van der Waals surface area contributed by atoms with E-state index in [2.05, 4.69) is 71.9 Å². The standard InChI is InChI=1S/C34H32N6O3/c1-21-11-15-23(16-12-21)19-25-7-6-10-27-29(25)36-40(31(27)24-17-13-22(2)14-18-24)28(41)20-38-32-30(35-37-38)33(42)39(34(32)43)26-8-4-3-5-9-26/h3-5,8-9,11-19,27,30-32H,6-7,10,20H2,1-2H3/b25-19+/t27-,30+,31+,32-/m1/s1. The van der Waals surface area contributed by atoms with E-state index in [0.717, 1.165) is 52.1 Å². The zero-order valence-electron chi connectivity index (χ0n) is 24.1. The van der Waals surface area contributed by atoms with Gasteiger partial charge >= 0.3 is 0 Å². The van der Waals surface area contributed by atoms with Crippen molar-refractivity contribution in [1.29, 1.82) is 0 Å². The number of fused-ring (bicyclic) bond motifs is 2. The van der Waals surface area contributed by atoms with Gasteiger partial charge in [0.05, 0.1) is 17.4 Å². The Morgan fingerprint density at radius 2 is 1.58 bits per heavy atom. The second-order valence-corrected chi connectivity index (χ2v) is 11.7. The second-order valence-electron chi connectivity index (χ2n) is 11.7. The fourth-order valence-corrected chi connectivity index (χ4v) is 6.56. The number of hydrogen-bond donors (Lipinski definition) is 0. The topological polar surface area (TPSA) is 98.0 Å². The first-order chi connectivity index (χ1) is 20.9. The van der Waals surface area contributed by atoms with E-state index in [9.17, 15) is 14.4 Å². The smallest absolute Gasteiger partial charge is 0.264 e. The molecular weight excluding hydrogens is 540 g/mol. The van der Waals surface area contributed by atoms with Crippen LogP contribution in [0.3, 0.4) is 0 Å². The molecule has 0 bridgehead atoms. The lowest BCUT2D eigenvalue weighted by atomic mass is 9.77. The summed E-state index contributed by atoms with van der Waals surface area (Å²) in [5.41, 5.74) is 7.03. The van der Waals surface area contributed by atoms with Crippen molar-refractivity contribution in [1.82, 2.24) is 10.0 Å². The number of carbonyl (C=O) groups is 3. The lowest BCUT2D eigenvalue weighted by molar-refractivity contribution is -0.136. The first-order valence-electron chi connectivity index (χ1n) is 14.7. The van der Waals surface area contributed by atoms with Gasteiger partial charge in [-0.3, -0.25) is 19.4 Å². The van der Waals surface area contributed by atoms with Crippen molar-refractivity contribution in [2.45, 2.75) is 51.2 Å². The third-order valence-corrected chi connectivity index (χ3v) is 8.76. The van der Waals surface area contributed by atoms with Crippen LogP contribution >= 0.6 is 0 Å². The van der Waals surface area contributed by atoms with Gasteiger partial charge in [0.25, 0.3) is 17.7 Å². The molecule has 3 heterocycles. The van der Waals surface area contributed by atoms with Crippen molar-refractivity contribution in [2.75, 3.05) is 11.4 Å². The molecule has 1 aliphatic carbocycles. The summed E-state index contributed by atoms with van der Waals surface area (Å²) in [4.78, 5) is 41.8. The molecule has 216 valence electrons. The number of aryl methyl sites for hydroxylation is 2. The maximum atomic E-state index is 14.1. The van der Waals surface area contributed by atoms with Gasteiger partial charge in [-0.2, -0.15) is 10.2 Å². The normalized spacial score (nSPS) is 25.4. The first kappa shape index (κ1) is 26.9. The summed E-state index contributed by atoms with van der Waals surface area (Å²) in [6, 6.07) is 23.2. The average molecular weight is 573 g/mol. The van der Waals surface area contributed by atoms with Gasteiger partial charge < -0.3 is 0 Å². The van der Waals surface area contributed by atoms with Gasteiger partial charge in [0, 0.05) is 5.92 Å². The maximum absolute atomic E-state index is 14.1. The van der Waals surface area contributed by atoms with Crippen LogP contribution in [0.15, 0.2) is 99.9 Å². The van der Waals surface area contributed by atoms with Crippen molar-refractivity contribution in [2.24, 2.45) is 21.4 Å². The van der Waals surface area contributed by atoms with Crippen LogP contribution in [-0.2, 0) is 14.4 Å². The molecule has 43 heavy (non-hydrogen) atoms. The number of hydrazone groups is 1. The molecule has 1 saturated carbocycles. The number of rotatable bonds is 5. The van der Waals surface area contributed by atoms with Gasteiger partial charge in [0.1, 0.15) is 6.54 Å². The number of benzene rings is 3. The molecule has 9 nitrogen and oxygen atoms in total. The van der Waals surface area contributed by atoms with E-state index in [4.69, 9.17) is 5.10 Å². The van der Waals surface area contributed by atoms with Crippen molar-refractivity contribution in [3.63, 3.8) is 0 Å². The lowest BCUT2D eigenvalue weighted by Gasteiger charge is -2.30. The predicted octanol–water partition coefficient (Wildman–Crippen LogP) is 5.42. The molecule has 0 N–H and O–H groups in total. The van der Waals surface area contributed by atoms with Gasteiger partial charge in [-0.1, -0.05) is 83.1 Å². The van der Waals surface area contributed by atoms with Crippen LogP contribution in [0.5, 0.6) is 0 Å². The highest BCUT2D eigenvalue weighted by molar-refractivity contribution is 6.25. The van der Waals surface area contributed by atoms with Crippen LogP contribution in [0.2, 0.25) is 0 Å². The summed E-state index contributed by atoms with van der Waals surface area (Å²) in [5.74, 6) is -1.11. The Morgan fingerprint density at radius 3 is 2.30 bits per heavy atom. The highest BCUT2D eigenvalue weighted by Gasteiger charge is 2.55. The molecule has 0 radical (unpaired) electrons. The van der Waals surface area contributed by atoms with E-state index >= 15 is 0 Å². The molecule has 1 saturated heterocycles. The minimum atomic E-state index is -0.968. The van der Waals surface area contributed by atoms with Crippen molar-refractivity contribution < 1.29 is 14.4 Å². The molecule has 3 aromatic carbocycles. The molecule has 0 unspecified atom stereocenters. The number of anilines is 1. The first-order valence-corrected chi connectivity index (χ1v) is 14.7. The highest BCUT2D eigenvalue weighted by atomic mass is 16.2. The zero-order valence-corrected chi connectivity index (χ0v) is 24.1. The minimum absolute atomic E-state index is 0.0494. The highest BCUT2D eigenvalue weighted by Crippen LogP contribution is 2.45. The van der Waals surface area contributed by atoms with E-state index < -0.39 is 23.9 Å². The molecule has 4 aliphatic rings. The van der Waals surface area contributed by atoms with E-state index in [0.29, 0.717) is 5.69 Å². The van der Waals surface area contributed by atoms with Gasteiger partial charge in [0.15, 0.2) is 12.1 Å². The SMILES string of the molecule is Cc1ccc(/C=C2\CCC[C@@H]3C2=NN(C(=O)CN2N=N[C@@H]4C(=O)N(c5ccccc5)C(=O)[C@@H]42)[C@H]3c2ccc(C)cc2)cc1. The van der Waals surface area contributed by atoms with Gasteiger partial charge in [-0.25, -0.2) is 9.91 Å². The van der Waals surface area contributed by atoms with Crippen molar-refractivity contribution >= 4 is 35.2 Å². The number of nitrogens with zero attached hydrogens (tertiary/aromatic N) is 6. The number of amides is 3. The summed E-state index contributed by atoms with van der Waals surface area (Å²) in [7, 11) is 0. The van der Waals surface area contributed by atoms with E-state index in [1.54, 1.807) is 29.3 Å². The van der Waals surface area contributed by atoms with E-state index in [1.165, 1.54) is 10.6 Å². The molecule has 3 aliphatic heterocycles. The molecule has 3 aromatic rings. The molecular formula is C34H32N6O3. The van der Waals surface area contributed by atoms with Crippen LogP contribution in [0, 0.1) is 19.8 Å². The summed E-state index contributed by atoms with van der Waals surface area (Å²) in [6.45, 7) is 3.90. The lowest BCUT2D eigenvalue weighted by Crippen LogP contribution is -2.45. The van der Waals surface area contributed by atoms with E-state index in [1.807, 2.05) is 13.0 Å². The Bertz CT molecular complexity index is 1680. The number of carbonyl (C=O) groups excluding carboxylic acids is 3. The largest absolute Gasteiger partial charge is 0.271 e. The Balaban J connectivity index is 1.19. The third kappa shape index (κ3) is 4.74. The van der Waals surface area contributed by atoms with Gasteiger partial charge in [-0.15, -0.1) is 0 Å². The predicted molar refractivity (Wildman–Crippen MR) is 163 cm³/mol. The average Bonchev–Trinajstić information content (AvgIpc) is 3.68. The van der Waals surface area contributed by atoms with E-state index in [-0.39, 0.29) is 24.4 Å². The second kappa shape index (κ2) is 10.7. The van der Waals surface area contributed by atoms with Crippen LogP contribution in [0.25, 0.3) is 6.08 Å². The Hall–Kier alpha value is -4.92. The van der Waals surface area contributed by atoms with Crippen molar-refractivity contribution in [3.05, 3.63) is 107 Å². The molecule has 0 spiro atoms. The van der Waals surface area contributed by atoms with Crippen LogP contribution in [-0.4, -0.2) is 52.1 Å². The number of allylic oxidation sites excluding steroid dienone is 1. The maximum Gasteiger partial charge on any atom is 0.264 e. The summed E-state index contributed by atoms with van der Waals surface area (Å²) in [6.07, 6.45) is 4.99. The molecule has 0 aromatic heterocycles. The van der Waals surface area contributed by atoms with Gasteiger partial charge in [-0.05, 0) is 68.0 Å². The van der Waals surface area contributed by atoms with Crippen LogP contribution in [0.1, 0.15) is 47.6 Å². The molecule has 9 heteroatoms. The molecule has 4 atom stereocenters. The summed E-state index contributed by atoms with van der Waals surface area (Å²) < 4.78 is 0. The summed E-state index contributed by atoms with van der Waals surface area (Å²) >= 11 is 0. The fraction of sp³-hybridized carbons (Fsp3) is 0.294. The Kier molecular flexibility index (Phi) is 6.72. The minimum Gasteiger partial charge on any atom is -0.271 e. The number of para-hydroxylation sites is 1. The molecule has 7 rings (SSSR count). The molecule has 3 amide bonds. The monoisotopic (exact) mass is 572 g/mol. The van der Waals surface area contributed by atoms with Gasteiger partial charge in [0.2, 0.25) is 0 Å². The van der Waals surface area contributed by atoms with Crippen molar-refractivity contribution in [3.8, 4) is 0 Å². The number of hydrogen-bond acceptors (Lipinski definition) is 7. The third-order valence-electron chi connectivity index (χ3n) is 8.76. The number of imide groups is 1. The van der Waals surface area contributed by atoms with Crippen LogP contribution < -0.4 is 4.90 Å². The summed E-state index contributed by atoms with van der Waals surface area (Å²) in [5, 5.41) is 16.2. The fourth-order valence-electron chi connectivity index (χ4n) is 6.56.